The first kappa shape index (κ1) is 17.5. The molecule has 0 bridgehead atoms. The molecule has 0 radical (unpaired) electrons. The molecular formula is C18H15Cl2FN4. The molecule has 0 unspecified atom stereocenters. The van der Waals surface area contributed by atoms with Crippen LogP contribution in [0.4, 0.5) is 21.8 Å². The molecular weight excluding hydrogens is 362 g/mol. The zero-order chi connectivity index (χ0) is 17.8. The summed E-state index contributed by atoms with van der Waals surface area (Å²) < 4.78 is 13.0. The van der Waals surface area contributed by atoms with E-state index in [2.05, 4.69) is 20.6 Å². The smallest absolute Gasteiger partial charge is 0.229 e. The minimum absolute atomic E-state index is 0.258. The van der Waals surface area contributed by atoms with E-state index in [0.717, 1.165) is 11.3 Å². The van der Waals surface area contributed by atoms with Crippen LogP contribution < -0.4 is 10.6 Å². The fourth-order valence-corrected chi connectivity index (χ4v) is 2.56. The Kier molecular flexibility index (Phi) is 5.36. The Morgan fingerprint density at radius 1 is 1.00 bits per heavy atom. The third kappa shape index (κ3) is 4.81. The Labute approximate surface area is 155 Å². The van der Waals surface area contributed by atoms with Crippen molar-refractivity contribution in [3.63, 3.8) is 0 Å². The molecule has 0 aliphatic heterocycles. The van der Waals surface area contributed by atoms with Gasteiger partial charge in [0.05, 0.1) is 10.7 Å². The summed E-state index contributed by atoms with van der Waals surface area (Å²) in [5.74, 6) is 0.801. The normalized spacial score (nSPS) is 10.6. The van der Waals surface area contributed by atoms with E-state index < -0.39 is 0 Å². The maximum absolute atomic E-state index is 13.0. The number of halogens is 3. The minimum Gasteiger partial charge on any atom is -0.366 e. The van der Waals surface area contributed by atoms with E-state index >= 15 is 0 Å². The predicted octanol–water partition coefficient (Wildman–Crippen LogP) is 5.59. The van der Waals surface area contributed by atoms with Crippen molar-refractivity contribution in [2.24, 2.45) is 0 Å². The van der Waals surface area contributed by atoms with Crippen LogP contribution in [0.1, 0.15) is 11.3 Å². The van der Waals surface area contributed by atoms with Crippen LogP contribution in [0.5, 0.6) is 0 Å². The van der Waals surface area contributed by atoms with Gasteiger partial charge in [0.25, 0.3) is 0 Å². The van der Waals surface area contributed by atoms with Gasteiger partial charge >= 0.3 is 0 Å². The van der Waals surface area contributed by atoms with Crippen molar-refractivity contribution in [2.45, 2.75) is 13.5 Å². The van der Waals surface area contributed by atoms with Crippen molar-refractivity contribution in [1.29, 1.82) is 0 Å². The SMILES string of the molecule is Cc1cc(NCc2ccc(F)cc2)nc(Nc2cc(Cl)ccc2Cl)n1. The van der Waals surface area contributed by atoms with Gasteiger partial charge in [0, 0.05) is 23.3 Å². The molecule has 0 aliphatic carbocycles. The summed E-state index contributed by atoms with van der Waals surface area (Å²) in [5.41, 5.74) is 2.37. The second-order valence-corrected chi connectivity index (χ2v) is 6.29. The largest absolute Gasteiger partial charge is 0.366 e. The number of hydrogen-bond acceptors (Lipinski definition) is 4. The van der Waals surface area contributed by atoms with Gasteiger partial charge in [-0.25, -0.2) is 9.37 Å². The highest BCUT2D eigenvalue weighted by atomic mass is 35.5. The lowest BCUT2D eigenvalue weighted by atomic mass is 10.2. The van der Waals surface area contributed by atoms with Crippen molar-refractivity contribution >= 4 is 40.7 Å². The van der Waals surface area contributed by atoms with Crippen molar-refractivity contribution in [1.82, 2.24) is 9.97 Å². The molecule has 0 aliphatic rings. The van der Waals surface area contributed by atoms with E-state index in [4.69, 9.17) is 23.2 Å². The summed E-state index contributed by atoms with van der Waals surface area (Å²) in [6, 6.07) is 13.3. The standard InChI is InChI=1S/C18H15Cl2FN4/c1-11-8-17(22-10-12-2-5-14(21)6-3-12)25-18(23-11)24-16-9-13(19)4-7-15(16)20/h2-9H,10H2,1H3,(H2,22,23,24,25). The highest BCUT2D eigenvalue weighted by Gasteiger charge is 2.06. The van der Waals surface area contributed by atoms with Crippen molar-refractivity contribution < 1.29 is 4.39 Å². The van der Waals surface area contributed by atoms with Gasteiger partial charge in [0.15, 0.2) is 0 Å². The van der Waals surface area contributed by atoms with Gasteiger partial charge in [-0.3, -0.25) is 0 Å². The topological polar surface area (TPSA) is 49.8 Å². The maximum atomic E-state index is 13.0. The maximum Gasteiger partial charge on any atom is 0.229 e. The number of nitrogens with zero attached hydrogens (tertiary/aromatic N) is 2. The van der Waals surface area contributed by atoms with Gasteiger partial charge in [-0.15, -0.1) is 0 Å². The van der Waals surface area contributed by atoms with Crippen LogP contribution in [-0.2, 0) is 6.54 Å². The Bertz CT molecular complexity index is 885. The van der Waals surface area contributed by atoms with E-state index in [-0.39, 0.29) is 5.82 Å². The number of benzene rings is 2. The van der Waals surface area contributed by atoms with Crippen molar-refractivity contribution in [3.8, 4) is 0 Å². The lowest BCUT2D eigenvalue weighted by Gasteiger charge is -2.11. The first-order valence-corrected chi connectivity index (χ1v) is 8.31. The number of rotatable bonds is 5. The Morgan fingerprint density at radius 3 is 2.52 bits per heavy atom. The van der Waals surface area contributed by atoms with Gasteiger partial charge < -0.3 is 10.6 Å². The molecule has 128 valence electrons. The van der Waals surface area contributed by atoms with Crippen LogP contribution in [0.15, 0.2) is 48.5 Å². The summed E-state index contributed by atoms with van der Waals surface area (Å²) in [6.45, 7) is 2.39. The molecule has 3 aromatic rings. The van der Waals surface area contributed by atoms with Crippen LogP contribution >= 0.6 is 23.2 Å². The summed E-state index contributed by atoms with van der Waals surface area (Å²) in [6.07, 6.45) is 0. The average Bonchev–Trinajstić information content (AvgIpc) is 2.57. The summed E-state index contributed by atoms with van der Waals surface area (Å²) in [5, 5.41) is 7.36. The van der Waals surface area contributed by atoms with E-state index in [1.807, 2.05) is 13.0 Å². The van der Waals surface area contributed by atoms with Gasteiger partial charge in [0.1, 0.15) is 11.6 Å². The van der Waals surface area contributed by atoms with Crippen LogP contribution in [0.25, 0.3) is 0 Å². The van der Waals surface area contributed by atoms with Crippen LogP contribution in [0.3, 0.4) is 0 Å². The van der Waals surface area contributed by atoms with Crippen LogP contribution in [-0.4, -0.2) is 9.97 Å². The average molecular weight is 377 g/mol. The first-order valence-electron chi connectivity index (χ1n) is 7.56. The molecule has 0 saturated carbocycles. The van der Waals surface area contributed by atoms with Gasteiger partial charge in [-0.05, 0) is 42.8 Å². The summed E-state index contributed by atoms with van der Waals surface area (Å²) >= 11 is 12.2. The third-order valence-corrected chi connectivity index (χ3v) is 3.98. The molecule has 7 heteroatoms. The number of anilines is 3. The molecule has 2 aromatic carbocycles. The van der Waals surface area contributed by atoms with Crippen molar-refractivity contribution in [3.05, 3.63) is 75.7 Å². The fraction of sp³-hybridized carbons (Fsp3) is 0.111. The summed E-state index contributed by atoms with van der Waals surface area (Å²) in [7, 11) is 0. The highest BCUT2D eigenvalue weighted by Crippen LogP contribution is 2.27. The molecule has 25 heavy (non-hydrogen) atoms. The molecule has 0 spiro atoms. The van der Waals surface area contributed by atoms with E-state index in [1.165, 1.54) is 12.1 Å². The molecule has 0 saturated heterocycles. The quantitative estimate of drug-likeness (QED) is 0.609. The molecule has 4 nitrogen and oxygen atoms in total. The zero-order valence-electron chi connectivity index (χ0n) is 13.4. The first-order chi connectivity index (χ1) is 12.0. The van der Waals surface area contributed by atoms with Gasteiger partial charge in [-0.2, -0.15) is 4.98 Å². The molecule has 0 fully saturated rings. The summed E-state index contributed by atoms with van der Waals surface area (Å²) in [4.78, 5) is 8.78. The minimum atomic E-state index is -0.258. The van der Waals surface area contributed by atoms with Crippen LogP contribution in [0.2, 0.25) is 10.0 Å². The molecule has 0 atom stereocenters. The van der Waals surface area contributed by atoms with Gasteiger partial charge in [0.2, 0.25) is 5.95 Å². The Morgan fingerprint density at radius 2 is 1.76 bits per heavy atom. The zero-order valence-corrected chi connectivity index (χ0v) is 14.9. The second kappa shape index (κ2) is 7.68. The molecule has 1 aromatic heterocycles. The van der Waals surface area contributed by atoms with E-state index in [9.17, 15) is 4.39 Å². The third-order valence-electron chi connectivity index (χ3n) is 3.42. The highest BCUT2D eigenvalue weighted by molar-refractivity contribution is 6.35. The molecule has 3 rings (SSSR count). The number of aryl methyl sites for hydroxylation is 1. The van der Waals surface area contributed by atoms with E-state index in [1.54, 1.807) is 30.3 Å². The predicted molar refractivity (Wildman–Crippen MR) is 100 cm³/mol. The molecule has 2 N–H and O–H groups in total. The van der Waals surface area contributed by atoms with Crippen molar-refractivity contribution in [2.75, 3.05) is 10.6 Å². The number of nitrogens with one attached hydrogen (secondary N) is 2. The number of hydrogen-bond donors (Lipinski definition) is 2. The second-order valence-electron chi connectivity index (χ2n) is 5.45. The molecule has 0 amide bonds. The monoisotopic (exact) mass is 376 g/mol. The fourth-order valence-electron chi connectivity index (χ4n) is 2.22. The number of aromatic nitrogens is 2. The van der Waals surface area contributed by atoms with Gasteiger partial charge in [-0.1, -0.05) is 35.3 Å². The van der Waals surface area contributed by atoms with Crippen LogP contribution in [0, 0.1) is 12.7 Å². The Hall–Kier alpha value is -2.37. The molecule has 1 heterocycles. The Balaban J connectivity index is 1.75. The van der Waals surface area contributed by atoms with E-state index in [0.29, 0.717) is 34.0 Å². The lowest BCUT2D eigenvalue weighted by Crippen LogP contribution is -2.06. The lowest BCUT2D eigenvalue weighted by molar-refractivity contribution is 0.627.